The summed E-state index contributed by atoms with van der Waals surface area (Å²) in [4.78, 5) is 2.57. The van der Waals surface area contributed by atoms with Crippen LogP contribution in [0.1, 0.15) is 24.3 Å². The van der Waals surface area contributed by atoms with Gasteiger partial charge in [-0.2, -0.15) is 12.6 Å². The highest BCUT2D eigenvalue weighted by Crippen LogP contribution is 2.29. The molecular formula is C15H23NOS. The van der Waals surface area contributed by atoms with Crippen molar-refractivity contribution in [2.45, 2.75) is 24.8 Å². The van der Waals surface area contributed by atoms with E-state index in [2.05, 4.69) is 47.9 Å². The zero-order chi connectivity index (χ0) is 12.8. The smallest absolute Gasteiger partial charge is 0.0589 e. The lowest BCUT2D eigenvalue weighted by molar-refractivity contribution is 0.140. The second-order valence-electron chi connectivity index (χ2n) is 5.01. The molecule has 0 N–H and O–H groups in total. The summed E-state index contributed by atoms with van der Waals surface area (Å²) in [6.45, 7) is 2.96. The molecule has 1 unspecified atom stereocenters. The molecule has 100 valence electrons. The van der Waals surface area contributed by atoms with E-state index in [1.807, 2.05) is 0 Å². The van der Waals surface area contributed by atoms with Gasteiger partial charge in [-0.05, 0) is 24.2 Å². The molecule has 1 saturated carbocycles. The quantitative estimate of drug-likeness (QED) is 0.726. The summed E-state index contributed by atoms with van der Waals surface area (Å²) >= 11 is 4.52. The van der Waals surface area contributed by atoms with Gasteiger partial charge in [0.25, 0.3) is 0 Å². The molecule has 0 heterocycles. The summed E-state index contributed by atoms with van der Waals surface area (Å²) in [5.74, 6) is 1.42. The fraction of sp³-hybridized carbons (Fsp3) is 0.600. The third kappa shape index (κ3) is 4.01. The summed E-state index contributed by atoms with van der Waals surface area (Å²) in [6.07, 6.45) is 2.69. The Balaban J connectivity index is 1.95. The Bertz CT molecular complexity index is 340. The van der Waals surface area contributed by atoms with E-state index in [1.165, 1.54) is 18.4 Å². The Kier molecular flexibility index (Phi) is 5.54. The average molecular weight is 265 g/mol. The van der Waals surface area contributed by atoms with Gasteiger partial charge in [0.15, 0.2) is 0 Å². The second kappa shape index (κ2) is 7.17. The molecule has 2 nitrogen and oxygen atoms in total. The van der Waals surface area contributed by atoms with Crippen LogP contribution in [0.25, 0.3) is 0 Å². The van der Waals surface area contributed by atoms with Gasteiger partial charge in [0.2, 0.25) is 0 Å². The largest absolute Gasteiger partial charge is 0.383 e. The molecule has 3 heteroatoms. The number of thiol groups is 1. The second-order valence-corrected chi connectivity index (χ2v) is 5.37. The maximum atomic E-state index is 5.21. The van der Waals surface area contributed by atoms with Crippen LogP contribution in [-0.2, 0) is 4.74 Å². The van der Waals surface area contributed by atoms with Gasteiger partial charge >= 0.3 is 0 Å². The van der Waals surface area contributed by atoms with Crippen LogP contribution in [0.5, 0.6) is 0 Å². The summed E-state index contributed by atoms with van der Waals surface area (Å²) < 4.78 is 5.21. The van der Waals surface area contributed by atoms with Crippen molar-refractivity contribution in [2.75, 3.05) is 32.6 Å². The topological polar surface area (TPSA) is 12.5 Å². The molecule has 1 aromatic rings. The van der Waals surface area contributed by atoms with Crippen LogP contribution in [0.2, 0.25) is 0 Å². The maximum Gasteiger partial charge on any atom is 0.0589 e. The lowest BCUT2D eigenvalue weighted by atomic mass is 10.0. The minimum atomic E-state index is 0.520. The molecule has 0 amide bonds. The monoisotopic (exact) mass is 265 g/mol. The standard InChI is InChI=1S/C15H23NOS/c1-17-10-9-16(15-7-8-15)11-14(12-18)13-5-3-2-4-6-13/h2-6,14-15,18H,7-12H2,1H3. The Labute approximate surface area is 116 Å². The lowest BCUT2D eigenvalue weighted by Gasteiger charge is -2.26. The molecule has 1 aliphatic carbocycles. The molecule has 0 aromatic heterocycles. The highest BCUT2D eigenvalue weighted by molar-refractivity contribution is 7.80. The predicted molar refractivity (Wildman–Crippen MR) is 79.5 cm³/mol. The molecule has 0 spiro atoms. The molecular weight excluding hydrogens is 242 g/mol. The van der Waals surface area contributed by atoms with Crippen LogP contribution < -0.4 is 0 Å². The molecule has 1 aromatic carbocycles. The third-order valence-electron chi connectivity index (χ3n) is 3.59. The molecule has 18 heavy (non-hydrogen) atoms. The van der Waals surface area contributed by atoms with Crippen molar-refractivity contribution in [3.05, 3.63) is 35.9 Å². The zero-order valence-corrected chi connectivity index (χ0v) is 12.0. The van der Waals surface area contributed by atoms with E-state index in [1.54, 1.807) is 7.11 Å². The highest BCUT2D eigenvalue weighted by Gasteiger charge is 2.30. The minimum Gasteiger partial charge on any atom is -0.383 e. The van der Waals surface area contributed by atoms with Crippen LogP contribution in [0.3, 0.4) is 0 Å². The van der Waals surface area contributed by atoms with Crippen molar-refractivity contribution in [1.29, 1.82) is 0 Å². The van der Waals surface area contributed by atoms with E-state index in [0.717, 1.165) is 31.5 Å². The zero-order valence-electron chi connectivity index (χ0n) is 11.1. The van der Waals surface area contributed by atoms with Gasteiger partial charge in [-0.15, -0.1) is 0 Å². The molecule has 0 radical (unpaired) electrons. The van der Waals surface area contributed by atoms with Crippen LogP contribution in [0, 0.1) is 0 Å². The van der Waals surface area contributed by atoms with E-state index in [0.29, 0.717) is 5.92 Å². The summed E-state index contributed by atoms with van der Waals surface area (Å²) in [5.41, 5.74) is 1.40. The fourth-order valence-corrected chi connectivity index (χ4v) is 2.67. The first-order valence-electron chi connectivity index (χ1n) is 6.74. The van der Waals surface area contributed by atoms with Gasteiger partial charge in [0.1, 0.15) is 0 Å². The van der Waals surface area contributed by atoms with Crippen molar-refractivity contribution in [3.8, 4) is 0 Å². The first-order valence-corrected chi connectivity index (χ1v) is 7.37. The summed E-state index contributed by atoms with van der Waals surface area (Å²) in [6, 6.07) is 11.5. The average Bonchev–Trinajstić information content (AvgIpc) is 3.25. The van der Waals surface area contributed by atoms with Gasteiger partial charge in [-0.25, -0.2) is 0 Å². The third-order valence-corrected chi connectivity index (χ3v) is 4.03. The van der Waals surface area contributed by atoms with Crippen molar-refractivity contribution in [1.82, 2.24) is 4.90 Å². The first kappa shape index (κ1) is 13.9. The van der Waals surface area contributed by atoms with E-state index in [-0.39, 0.29) is 0 Å². The highest BCUT2D eigenvalue weighted by atomic mass is 32.1. The molecule has 0 saturated heterocycles. The number of nitrogens with zero attached hydrogens (tertiary/aromatic N) is 1. The predicted octanol–water partition coefficient (Wildman–Crippen LogP) is 2.81. The number of ether oxygens (including phenoxy) is 1. The van der Waals surface area contributed by atoms with E-state index in [9.17, 15) is 0 Å². The number of hydrogen-bond donors (Lipinski definition) is 1. The summed E-state index contributed by atoms with van der Waals surface area (Å²) in [7, 11) is 1.78. The molecule has 1 atom stereocenters. The molecule has 1 aliphatic rings. The van der Waals surface area contributed by atoms with Gasteiger partial charge in [0, 0.05) is 32.2 Å². The molecule has 2 rings (SSSR count). The van der Waals surface area contributed by atoms with Crippen molar-refractivity contribution >= 4 is 12.6 Å². The van der Waals surface area contributed by atoms with Crippen LogP contribution in [0.15, 0.2) is 30.3 Å². The van der Waals surface area contributed by atoms with Crippen molar-refractivity contribution in [3.63, 3.8) is 0 Å². The minimum absolute atomic E-state index is 0.520. The van der Waals surface area contributed by atoms with Crippen molar-refractivity contribution < 1.29 is 4.74 Å². The summed E-state index contributed by atoms with van der Waals surface area (Å²) in [5, 5.41) is 0. The fourth-order valence-electron chi connectivity index (χ4n) is 2.35. The number of methoxy groups -OCH3 is 1. The van der Waals surface area contributed by atoms with Gasteiger partial charge < -0.3 is 4.74 Å². The van der Waals surface area contributed by atoms with Crippen molar-refractivity contribution in [2.24, 2.45) is 0 Å². The lowest BCUT2D eigenvalue weighted by Crippen LogP contribution is -2.34. The van der Waals surface area contributed by atoms with E-state index < -0.39 is 0 Å². The number of benzene rings is 1. The molecule has 0 aliphatic heterocycles. The molecule has 0 bridgehead atoms. The normalized spacial score (nSPS) is 17.1. The van der Waals surface area contributed by atoms with Crippen LogP contribution >= 0.6 is 12.6 Å². The Morgan fingerprint density at radius 3 is 2.61 bits per heavy atom. The van der Waals surface area contributed by atoms with E-state index in [4.69, 9.17) is 4.74 Å². The Morgan fingerprint density at radius 2 is 2.06 bits per heavy atom. The first-order chi connectivity index (χ1) is 8.85. The Hall–Kier alpha value is -0.510. The SMILES string of the molecule is COCCN(CC(CS)c1ccccc1)C1CC1. The molecule has 1 fully saturated rings. The van der Waals surface area contributed by atoms with Crippen LogP contribution in [-0.4, -0.2) is 43.5 Å². The number of rotatable bonds is 8. The van der Waals surface area contributed by atoms with E-state index >= 15 is 0 Å². The number of hydrogen-bond acceptors (Lipinski definition) is 3. The maximum absolute atomic E-state index is 5.21. The van der Waals surface area contributed by atoms with Gasteiger partial charge in [-0.3, -0.25) is 4.90 Å². The van der Waals surface area contributed by atoms with Gasteiger partial charge in [0.05, 0.1) is 6.61 Å². The van der Waals surface area contributed by atoms with Crippen LogP contribution in [0.4, 0.5) is 0 Å². The van der Waals surface area contributed by atoms with Gasteiger partial charge in [-0.1, -0.05) is 30.3 Å². The Morgan fingerprint density at radius 1 is 1.33 bits per heavy atom.